The van der Waals surface area contributed by atoms with E-state index in [0.29, 0.717) is 11.6 Å². The van der Waals surface area contributed by atoms with Gasteiger partial charge in [0.25, 0.3) is 0 Å². The van der Waals surface area contributed by atoms with Crippen molar-refractivity contribution in [3.63, 3.8) is 0 Å². The molecule has 1 saturated carbocycles. The molecular weight excluding hydrogens is 260 g/mol. The number of nitrogens with zero attached hydrogens (tertiary/aromatic N) is 2. The second kappa shape index (κ2) is 6.60. The largest absolute Gasteiger partial charge is 0.387 e. The summed E-state index contributed by atoms with van der Waals surface area (Å²) in [5.74, 6) is 0.848. The lowest BCUT2D eigenvalue weighted by atomic mass is 9.78. The fourth-order valence-electron chi connectivity index (χ4n) is 4.06. The molecular formula is C18H24N2O. The average molecular weight is 284 g/mol. The zero-order valence-corrected chi connectivity index (χ0v) is 12.5. The van der Waals surface area contributed by atoms with Crippen LogP contribution >= 0.6 is 0 Å². The maximum Gasteiger partial charge on any atom is 0.0991 e. The molecule has 2 aliphatic rings. The van der Waals surface area contributed by atoms with E-state index in [1.807, 2.05) is 12.1 Å². The molecule has 3 nitrogen and oxygen atoms in total. The van der Waals surface area contributed by atoms with Crippen LogP contribution in [0.2, 0.25) is 0 Å². The highest BCUT2D eigenvalue weighted by molar-refractivity contribution is 5.32. The van der Waals surface area contributed by atoms with E-state index in [9.17, 15) is 5.11 Å². The number of hydrogen-bond acceptors (Lipinski definition) is 3. The van der Waals surface area contributed by atoms with Crippen LogP contribution in [0.15, 0.2) is 24.3 Å². The highest BCUT2D eigenvalue weighted by Crippen LogP contribution is 2.36. The average Bonchev–Trinajstić information content (AvgIpc) is 2.55. The second-order valence-corrected chi connectivity index (χ2v) is 6.50. The Labute approximate surface area is 127 Å². The first-order chi connectivity index (χ1) is 10.3. The molecule has 1 aliphatic heterocycles. The summed E-state index contributed by atoms with van der Waals surface area (Å²) < 4.78 is 0. The molecule has 3 atom stereocenters. The SMILES string of the molecule is N#Cc1ccc(C(O)CN2CCCC3CCCCC32)cc1. The molecule has 1 aromatic carbocycles. The first kappa shape index (κ1) is 14.6. The van der Waals surface area contributed by atoms with Gasteiger partial charge < -0.3 is 5.11 Å². The summed E-state index contributed by atoms with van der Waals surface area (Å²) in [6, 6.07) is 10.1. The Kier molecular flexibility index (Phi) is 4.57. The lowest BCUT2D eigenvalue weighted by Crippen LogP contribution is -2.48. The van der Waals surface area contributed by atoms with Crippen LogP contribution in [0.25, 0.3) is 0 Å². The van der Waals surface area contributed by atoms with E-state index in [2.05, 4.69) is 11.0 Å². The smallest absolute Gasteiger partial charge is 0.0991 e. The van der Waals surface area contributed by atoms with Gasteiger partial charge in [-0.05, 0) is 55.8 Å². The van der Waals surface area contributed by atoms with E-state index in [-0.39, 0.29) is 0 Å². The van der Waals surface area contributed by atoms with Crippen molar-refractivity contribution >= 4 is 0 Å². The van der Waals surface area contributed by atoms with E-state index in [4.69, 9.17) is 5.26 Å². The number of aliphatic hydroxyl groups is 1. The van der Waals surface area contributed by atoms with Crippen molar-refractivity contribution < 1.29 is 5.11 Å². The maximum absolute atomic E-state index is 10.5. The van der Waals surface area contributed by atoms with E-state index in [1.54, 1.807) is 12.1 Å². The minimum Gasteiger partial charge on any atom is -0.387 e. The minimum absolute atomic E-state index is 0.446. The second-order valence-electron chi connectivity index (χ2n) is 6.50. The van der Waals surface area contributed by atoms with Crippen LogP contribution in [-0.2, 0) is 0 Å². The van der Waals surface area contributed by atoms with Gasteiger partial charge in [-0.3, -0.25) is 4.90 Å². The van der Waals surface area contributed by atoms with Gasteiger partial charge in [-0.25, -0.2) is 0 Å². The molecule has 2 fully saturated rings. The Morgan fingerprint density at radius 2 is 1.86 bits per heavy atom. The van der Waals surface area contributed by atoms with Crippen LogP contribution < -0.4 is 0 Å². The van der Waals surface area contributed by atoms with Gasteiger partial charge in [-0.1, -0.05) is 25.0 Å². The van der Waals surface area contributed by atoms with E-state index < -0.39 is 6.10 Å². The van der Waals surface area contributed by atoms with Crippen molar-refractivity contribution in [3.8, 4) is 6.07 Å². The Morgan fingerprint density at radius 1 is 1.14 bits per heavy atom. The first-order valence-corrected chi connectivity index (χ1v) is 8.20. The first-order valence-electron chi connectivity index (χ1n) is 8.20. The summed E-state index contributed by atoms with van der Waals surface area (Å²) in [4.78, 5) is 2.51. The Morgan fingerprint density at radius 3 is 2.62 bits per heavy atom. The van der Waals surface area contributed by atoms with Gasteiger partial charge >= 0.3 is 0 Å². The number of benzene rings is 1. The van der Waals surface area contributed by atoms with Crippen molar-refractivity contribution in [3.05, 3.63) is 35.4 Å². The van der Waals surface area contributed by atoms with Crippen molar-refractivity contribution in [2.24, 2.45) is 5.92 Å². The summed E-state index contributed by atoms with van der Waals surface area (Å²) >= 11 is 0. The fraction of sp³-hybridized carbons (Fsp3) is 0.611. The lowest BCUT2D eigenvalue weighted by molar-refractivity contribution is 0.0205. The minimum atomic E-state index is -0.446. The molecule has 0 radical (unpaired) electrons. The molecule has 3 rings (SSSR count). The Hall–Kier alpha value is -1.37. The predicted octanol–water partition coefficient (Wildman–Crippen LogP) is 3.25. The summed E-state index contributed by atoms with van der Waals surface area (Å²) in [5.41, 5.74) is 1.57. The topological polar surface area (TPSA) is 47.3 Å². The van der Waals surface area contributed by atoms with Gasteiger partial charge in [0.05, 0.1) is 17.7 Å². The summed E-state index contributed by atoms with van der Waals surface area (Å²) in [6.45, 7) is 1.85. The van der Waals surface area contributed by atoms with Gasteiger partial charge in [0.2, 0.25) is 0 Å². The lowest BCUT2D eigenvalue weighted by Gasteiger charge is -2.44. The quantitative estimate of drug-likeness (QED) is 0.927. The molecule has 1 aromatic rings. The van der Waals surface area contributed by atoms with Gasteiger partial charge in [0.15, 0.2) is 0 Å². The van der Waals surface area contributed by atoms with Crippen LogP contribution in [0.4, 0.5) is 0 Å². The highest BCUT2D eigenvalue weighted by Gasteiger charge is 2.33. The molecule has 0 amide bonds. The molecule has 0 aromatic heterocycles. The van der Waals surface area contributed by atoms with Crippen LogP contribution in [0.1, 0.15) is 55.8 Å². The summed E-state index contributed by atoms with van der Waals surface area (Å²) in [7, 11) is 0. The Bertz CT molecular complexity index is 503. The fourth-order valence-corrected chi connectivity index (χ4v) is 4.06. The maximum atomic E-state index is 10.5. The number of aliphatic hydroxyl groups excluding tert-OH is 1. The Balaban J connectivity index is 1.65. The normalized spacial score (nSPS) is 27.6. The van der Waals surface area contributed by atoms with Gasteiger partial charge in [-0.15, -0.1) is 0 Å². The molecule has 1 heterocycles. The molecule has 3 unspecified atom stereocenters. The van der Waals surface area contributed by atoms with Crippen molar-refractivity contribution in [1.82, 2.24) is 4.90 Å². The third-order valence-electron chi connectivity index (χ3n) is 5.19. The number of hydrogen-bond donors (Lipinski definition) is 1. The van der Waals surface area contributed by atoms with Crippen LogP contribution in [0.3, 0.4) is 0 Å². The zero-order chi connectivity index (χ0) is 14.7. The summed E-state index contributed by atoms with van der Waals surface area (Å²) in [6.07, 6.45) is 7.57. The van der Waals surface area contributed by atoms with Crippen LogP contribution in [0, 0.1) is 17.2 Å². The molecule has 112 valence electrons. The van der Waals surface area contributed by atoms with E-state index in [1.165, 1.54) is 38.5 Å². The van der Waals surface area contributed by atoms with E-state index in [0.717, 1.165) is 24.6 Å². The number of rotatable bonds is 3. The molecule has 1 N–H and O–H groups in total. The van der Waals surface area contributed by atoms with Gasteiger partial charge in [0.1, 0.15) is 0 Å². The predicted molar refractivity (Wildman–Crippen MR) is 82.7 cm³/mol. The van der Waals surface area contributed by atoms with Gasteiger partial charge in [0, 0.05) is 12.6 Å². The third kappa shape index (κ3) is 3.28. The molecule has 0 spiro atoms. The number of fused-ring (bicyclic) bond motifs is 1. The number of piperidine rings is 1. The molecule has 3 heteroatoms. The van der Waals surface area contributed by atoms with Gasteiger partial charge in [-0.2, -0.15) is 5.26 Å². The molecule has 21 heavy (non-hydrogen) atoms. The van der Waals surface area contributed by atoms with Crippen molar-refractivity contribution in [2.45, 2.75) is 50.7 Å². The van der Waals surface area contributed by atoms with Crippen molar-refractivity contribution in [2.75, 3.05) is 13.1 Å². The molecule has 1 aliphatic carbocycles. The highest BCUT2D eigenvalue weighted by atomic mass is 16.3. The third-order valence-corrected chi connectivity index (χ3v) is 5.19. The van der Waals surface area contributed by atoms with Crippen LogP contribution in [-0.4, -0.2) is 29.1 Å². The number of likely N-dealkylation sites (tertiary alicyclic amines) is 1. The number of β-amino-alcohol motifs (C(OH)–C–C–N with tert-alkyl or cyclic N) is 1. The standard InChI is InChI=1S/C18H24N2O/c19-12-14-7-9-16(10-8-14)18(21)13-20-11-3-5-15-4-1-2-6-17(15)20/h7-10,15,17-18,21H,1-6,11,13H2. The summed E-state index contributed by atoms with van der Waals surface area (Å²) in [5, 5.41) is 19.3. The monoisotopic (exact) mass is 284 g/mol. The zero-order valence-electron chi connectivity index (χ0n) is 12.5. The van der Waals surface area contributed by atoms with Crippen molar-refractivity contribution in [1.29, 1.82) is 5.26 Å². The molecule has 0 bridgehead atoms. The molecule has 1 saturated heterocycles. The van der Waals surface area contributed by atoms with Crippen LogP contribution in [0.5, 0.6) is 0 Å². The number of nitriles is 1. The van der Waals surface area contributed by atoms with E-state index >= 15 is 0 Å².